The number of phenols is 1. The van der Waals surface area contributed by atoms with E-state index in [0.29, 0.717) is 29.2 Å². The molecule has 1 saturated carbocycles. The number of phenolic OH excluding ortho intramolecular Hbond substituents is 1. The molecule has 0 saturated heterocycles. The van der Waals surface area contributed by atoms with Crippen LogP contribution >= 0.6 is 0 Å². The number of benzene rings is 1. The normalized spacial score (nSPS) is 19.4. The number of fused-ring (bicyclic) bond motifs is 1. The third-order valence-electron chi connectivity index (χ3n) is 5.07. The zero-order valence-electron chi connectivity index (χ0n) is 14.6. The number of hydrogen-bond acceptors (Lipinski definition) is 6. The lowest BCUT2D eigenvalue weighted by atomic mass is 9.82. The van der Waals surface area contributed by atoms with Crippen molar-refractivity contribution >= 4 is 16.6 Å². The molecule has 4 rings (SSSR count). The molecule has 0 unspecified atom stereocenters. The van der Waals surface area contributed by atoms with Crippen LogP contribution in [0.5, 0.6) is 5.75 Å². The van der Waals surface area contributed by atoms with Gasteiger partial charge in [0.15, 0.2) is 5.82 Å². The highest BCUT2D eigenvalue weighted by Gasteiger charge is 2.31. The van der Waals surface area contributed by atoms with E-state index in [2.05, 4.69) is 20.5 Å². The predicted molar refractivity (Wildman–Crippen MR) is 96.7 cm³/mol. The maximum absolute atomic E-state index is 12.8. The summed E-state index contributed by atoms with van der Waals surface area (Å²) in [5, 5.41) is 32.5. The van der Waals surface area contributed by atoms with Crippen LogP contribution in [-0.4, -0.2) is 38.0 Å². The minimum atomic E-state index is -4.55. The fourth-order valence-electron chi connectivity index (χ4n) is 3.25. The summed E-state index contributed by atoms with van der Waals surface area (Å²) < 4.78 is 38.5. The minimum absolute atomic E-state index is 0.146. The number of aliphatic hydroxyl groups is 1. The van der Waals surface area contributed by atoms with Crippen molar-refractivity contribution in [3.05, 3.63) is 42.2 Å². The number of aromatic nitrogens is 3. The van der Waals surface area contributed by atoms with Gasteiger partial charge in [-0.2, -0.15) is 13.2 Å². The van der Waals surface area contributed by atoms with Crippen molar-refractivity contribution in [3.8, 4) is 17.0 Å². The van der Waals surface area contributed by atoms with Crippen molar-refractivity contribution in [1.29, 1.82) is 0 Å². The maximum Gasteiger partial charge on any atom is 0.416 e. The summed E-state index contributed by atoms with van der Waals surface area (Å²) in [7, 11) is 0. The molecule has 146 valence electrons. The average molecular weight is 390 g/mol. The molecule has 0 amide bonds. The Bertz CT molecular complexity index is 1030. The Kier molecular flexibility index (Phi) is 4.54. The second-order valence-corrected chi connectivity index (χ2v) is 6.83. The van der Waals surface area contributed by atoms with Crippen LogP contribution < -0.4 is 5.32 Å². The number of alkyl halides is 3. The lowest BCUT2D eigenvalue weighted by Gasteiger charge is -2.32. The van der Waals surface area contributed by atoms with E-state index in [1.54, 1.807) is 12.3 Å². The Labute approximate surface area is 158 Å². The van der Waals surface area contributed by atoms with Crippen LogP contribution in [-0.2, 0) is 6.18 Å². The fourth-order valence-corrected chi connectivity index (χ4v) is 3.25. The first kappa shape index (κ1) is 18.4. The monoisotopic (exact) mass is 390 g/mol. The van der Waals surface area contributed by atoms with Gasteiger partial charge in [0.05, 0.1) is 11.7 Å². The van der Waals surface area contributed by atoms with Crippen LogP contribution in [0.25, 0.3) is 22.0 Å². The number of hydrogen-bond donors (Lipinski definition) is 3. The van der Waals surface area contributed by atoms with Gasteiger partial charge >= 0.3 is 6.18 Å². The molecule has 28 heavy (non-hydrogen) atoms. The summed E-state index contributed by atoms with van der Waals surface area (Å²) in [5.41, 5.74) is -0.527. The Morgan fingerprint density at radius 3 is 2.57 bits per heavy atom. The first-order chi connectivity index (χ1) is 13.3. The Balaban J connectivity index is 1.72. The molecule has 6 nitrogen and oxygen atoms in total. The number of aromatic hydroxyl groups is 1. The molecule has 1 aromatic carbocycles. The highest BCUT2D eigenvalue weighted by molar-refractivity contribution is 6.00. The summed E-state index contributed by atoms with van der Waals surface area (Å²) in [6, 6.07) is 4.42. The topological polar surface area (TPSA) is 91.2 Å². The summed E-state index contributed by atoms with van der Waals surface area (Å²) in [6.45, 7) is 0.532. The molecule has 1 fully saturated rings. The van der Waals surface area contributed by atoms with Crippen LogP contribution in [0, 0.1) is 5.92 Å². The first-order valence-corrected chi connectivity index (χ1v) is 8.77. The summed E-state index contributed by atoms with van der Waals surface area (Å²) >= 11 is 0. The van der Waals surface area contributed by atoms with Crippen LogP contribution in [0.4, 0.5) is 19.0 Å². The number of aliphatic hydroxyl groups excluding tert-OH is 1. The first-order valence-electron chi connectivity index (χ1n) is 8.77. The van der Waals surface area contributed by atoms with Crippen molar-refractivity contribution in [2.75, 3.05) is 11.9 Å². The highest BCUT2D eigenvalue weighted by Crippen LogP contribution is 2.38. The molecule has 9 heteroatoms. The predicted octanol–water partition coefficient (Wildman–Crippen LogP) is 3.60. The number of nitrogens with one attached hydrogen (secondary N) is 1. The summed E-state index contributed by atoms with van der Waals surface area (Å²) in [4.78, 5) is 4.08. The zero-order chi connectivity index (χ0) is 19.9. The van der Waals surface area contributed by atoms with Gasteiger partial charge in [0, 0.05) is 41.2 Å². The van der Waals surface area contributed by atoms with E-state index in [1.807, 2.05) is 0 Å². The lowest BCUT2D eigenvalue weighted by Crippen LogP contribution is -2.36. The van der Waals surface area contributed by atoms with Gasteiger partial charge in [0.2, 0.25) is 0 Å². The summed E-state index contributed by atoms with van der Waals surface area (Å²) in [5.74, 6) is 0.0880. The van der Waals surface area contributed by atoms with Crippen LogP contribution in [0.15, 0.2) is 36.7 Å². The van der Waals surface area contributed by atoms with Gasteiger partial charge in [-0.1, -0.05) is 0 Å². The quantitative estimate of drug-likeness (QED) is 0.631. The Morgan fingerprint density at radius 2 is 1.93 bits per heavy atom. The molecule has 0 bridgehead atoms. The molecule has 3 N–H and O–H groups in total. The molecule has 2 aromatic heterocycles. The van der Waals surface area contributed by atoms with Gasteiger partial charge in [-0.3, -0.25) is 4.98 Å². The molecular weight excluding hydrogens is 373 g/mol. The second-order valence-electron chi connectivity index (χ2n) is 6.83. The van der Waals surface area contributed by atoms with E-state index >= 15 is 0 Å². The minimum Gasteiger partial charge on any atom is -0.507 e. The Morgan fingerprint density at radius 1 is 1.11 bits per heavy atom. The van der Waals surface area contributed by atoms with E-state index in [4.69, 9.17) is 0 Å². The number of pyridine rings is 1. The molecule has 3 aromatic rings. The molecular formula is C19H17F3N4O2. The van der Waals surface area contributed by atoms with E-state index in [1.165, 1.54) is 12.3 Å². The van der Waals surface area contributed by atoms with E-state index < -0.39 is 17.5 Å². The number of rotatable bonds is 4. The third-order valence-corrected chi connectivity index (χ3v) is 5.07. The van der Waals surface area contributed by atoms with Gasteiger partial charge < -0.3 is 15.5 Å². The number of nitrogens with zero attached hydrogens (tertiary/aromatic N) is 3. The van der Waals surface area contributed by atoms with Crippen LogP contribution in [0.2, 0.25) is 0 Å². The zero-order valence-corrected chi connectivity index (χ0v) is 14.6. The van der Waals surface area contributed by atoms with Crippen LogP contribution in [0.1, 0.15) is 18.4 Å². The molecule has 0 spiro atoms. The van der Waals surface area contributed by atoms with Crippen molar-refractivity contribution < 1.29 is 23.4 Å². The Hall–Kier alpha value is -2.94. The standard InChI is InChI=1S/C19H17F3N4O2/c20-19(21,22)11-2-3-13(16(28)7-11)17-12-5-6-23-9-14(12)18(26-25-17)24-8-10-1-4-15(10)27/h2-3,5-7,9-10,15,27-28H,1,4,8H2,(H,24,26)/t10-,15-/m1/s1. The van der Waals surface area contributed by atoms with Crippen molar-refractivity contribution in [2.24, 2.45) is 5.92 Å². The van der Waals surface area contributed by atoms with Crippen LogP contribution in [0.3, 0.4) is 0 Å². The summed E-state index contributed by atoms with van der Waals surface area (Å²) in [6.07, 6.45) is -0.0503. The second kappa shape index (κ2) is 6.90. The van der Waals surface area contributed by atoms with Gasteiger partial charge in [0.25, 0.3) is 0 Å². The van der Waals surface area contributed by atoms with E-state index in [0.717, 1.165) is 18.9 Å². The number of anilines is 1. The highest BCUT2D eigenvalue weighted by atomic mass is 19.4. The third kappa shape index (κ3) is 3.33. The van der Waals surface area contributed by atoms with Gasteiger partial charge in [-0.25, -0.2) is 0 Å². The average Bonchev–Trinajstić information content (AvgIpc) is 2.66. The molecule has 0 aliphatic heterocycles. The van der Waals surface area contributed by atoms with Crippen molar-refractivity contribution in [1.82, 2.24) is 15.2 Å². The van der Waals surface area contributed by atoms with Gasteiger partial charge in [0.1, 0.15) is 11.4 Å². The molecule has 2 atom stereocenters. The molecule has 2 heterocycles. The largest absolute Gasteiger partial charge is 0.507 e. The smallest absolute Gasteiger partial charge is 0.416 e. The van der Waals surface area contributed by atoms with Gasteiger partial charge in [-0.15, -0.1) is 10.2 Å². The SMILES string of the molecule is Oc1cc(C(F)(F)F)ccc1-c1nnc(NC[C@H]2CC[C@H]2O)c2cnccc12. The molecule has 1 aliphatic carbocycles. The molecule has 0 radical (unpaired) electrons. The van der Waals surface area contributed by atoms with Gasteiger partial charge in [-0.05, 0) is 37.1 Å². The van der Waals surface area contributed by atoms with E-state index in [-0.39, 0.29) is 23.3 Å². The number of halogens is 3. The maximum atomic E-state index is 12.8. The fraction of sp³-hybridized carbons (Fsp3) is 0.316. The van der Waals surface area contributed by atoms with Crippen molar-refractivity contribution in [3.63, 3.8) is 0 Å². The van der Waals surface area contributed by atoms with E-state index in [9.17, 15) is 23.4 Å². The molecule has 1 aliphatic rings. The lowest BCUT2D eigenvalue weighted by molar-refractivity contribution is -0.137. The van der Waals surface area contributed by atoms with Crippen molar-refractivity contribution in [2.45, 2.75) is 25.1 Å².